The number of benzene rings is 1. The monoisotopic (exact) mass is 244 g/mol. The van der Waals surface area contributed by atoms with Crippen LogP contribution in [0.15, 0.2) is 48.8 Å². The van der Waals surface area contributed by atoms with Crippen LogP contribution in [0.5, 0.6) is 5.75 Å². The highest BCUT2D eigenvalue weighted by atomic mass is 16.5. The molecule has 0 saturated heterocycles. The lowest BCUT2D eigenvalue weighted by Crippen LogP contribution is -2.05. The number of aromatic nitrogens is 2. The average molecular weight is 244 g/mol. The van der Waals surface area contributed by atoms with Crippen molar-refractivity contribution in [2.24, 2.45) is 0 Å². The van der Waals surface area contributed by atoms with Crippen LogP contribution in [-0.4, -0.2) is 21.7 Å². The fourth-order valence-corrected chi connectivity index (χ4v) is 1.60. The molecule has 0 spiro atoms. The van der Waals surface area contributed by atoms with E-state index in [1.807, 2.05) is 30.3 Å². The highest BCUT2D eigenvalue weighted by molar-refractivity contribution is 5.20. The molecule has 1 aromatic heterocycles. The van der Waals surface area contributed by atoms with Crippen molar-refractivity contribution in [3.8, 4) is 5.75 Å². The molecule has 2 rings (SSSR count). The Morgan fingerprint density at radius 2 is 1.78 bits per heavy atom. The van der Waals surface area contributed by atoms with Gasteiger partial charge in [-0.15, -0.1) is 0 Å². The number of para-hydroxylation sites is 1. The Hall–Kier alpha value is -1.94. The number of aliphatic hydroxyl groups excluding tert-OH is 1. The number of ether oxygens (including phenoxy) is 1. The van der Waals surface area contributed by atoms with Crippen LogP contribution in [0.2, 0.25) is 0 Å². The first kappa shape index (κ1) is 12.5. The molecule has 0 aliphatic heterocycles. The van der Waals surface area contributed by atoms with E-state index in [1.54, 1.807) is 18.5 Å². The van der Waals surface area contributed by atoms with Crippen molar-refractivity contribution >= 4 is 0 Å². The van der Waals surface area contributed by atoms with E-state index in [4.69, 9.17) is 4.74 Å². The van der Waals surface area contributed by atoms with Crippen molar-refractivity contribution in [3.63, 3.8) is 0 Å². The molecule has 1 N–H and O–H groups in total. The number of hydrogen-bond acceptors (Lipinski definition) is 4. The molecule has 0 aliphatic carbocycles. The van der Waals surface area contributed by atoms with Gasteiger partial charge in [0.2, 0.25) is 0 Å². The summed E-state index contributed by atoms with van der Waals surface area (Å²) in [5, 5.41) is 9.84. The predicted molar refractivity (Wildman–Crippen MR) is 68.2 cm³/mol. The van der Waals surface area contributed by atoms with Gasteiger partial charge in [0.05, 0.1) is 6.61 Å². The third kappa shape index (κ3) is 3.82. The second kappa shape index (κ2) is 6.71. The van der Waals surface area contributed by atoms with E-state index in [2.05, 4.69) is 9.97 Å². The third-order valence-electron chi connectivity index (χ3n) is 2.52. The molecule has 94 valence electrons. The Morgan fingerprint density at radius 3 is 2.50 bits per heavy atom. The lowest BCUT2D eigenvalue weighted by Gasteiger charge is -2.09. The Bertz CT molecular complexity index is 448. The maximum Gasteiger partial charge on any atom is 0.156 e. The summed E-state index contributed by atoms with van der Waals surface area (Å²) in [6.07, 6.45) is 3.99. The van der Waals surface area contributed by atoms with Gasteiger partial charge < -0.3 is 9.84 Å². The highest BCUT2D eigenvalue weighted by Gasteiger charge is 2.09. The van der Waals surface area contributed by atoms with E-state index in [-0.39, 0.29) is 0 Å². The quantitative estimate of drug-likeness (QED) is 0.793. The van der Waals surface area contributed by atoms with Gasteiger partial charge in [0.25, 0.3) is 0 Å². The maximum absolute atomic E-state index is 9.84. The van der Waals surface area contributed by atoms with E-state index in [0.717, 1.165) is 12.2 Å². The molecule has 0 saturated carbocycles. The van der Waals surface area contributed by atoms with E-state index in [9.17, 15) is 5.11 Å². The normalized spacial score (nSPS) is 12.1. The van der Waals surface area contributed by atoms with Crippen LogP contribution in [0.1, 0.15) is 24.8 Å². The molecule has 0 aliphatic rings. The van der Waals surface area contributed by atoms with Crippen LogP contribution in [0, 0.1) is 0 Å². The number of rotatable bonds is 6. The van der Waals surface area contributed by atoms with E-state index >= 15 is 0 Å². The van der Waals surface area contributed by atoms with Crippen molar-refractivity contribution in [1.29, 1.82) is 0 Å². The van der Waals surface area contributed by atoms with Crippen LogP contribution in [-0.2, 0) is 0 Å². The molecule has 1 atom stereocenters. The molecule has 1 heterocycles. The third-order valence-corrected chi connectivity index (χ3v) is 2.52. The van der Waals surface area contributed by atoms with Crippen LogP contribution < -0.4 is 4.74 Å². The summed E-state index contributed by atoms with van der Waals surface area (Å²) < 4.78 is 5.54. The number of nitrogens with zero attached hydrogens (tertiary/aromatic N) is 2. The van der Waals surface area contributed by atoms with Gasteiger partial charge in [-0.2, -0.15) is 0 Å². The van der Waals surface area contributed by atoms with Gasteiger partial charge in [0, 0.05) is 12.4 Å². The maximum atomic E-state index is 9.84. The first-order chi connectivity index (χ1) is 8.86. The minimum atomic E-state index is -0.620. The van der Waals surface area contributed by atoms with Crippen LogP contribution in [0.25, 0.3) is 0 Å². The van der Waals surface area contributed by atoms with Crippen molar-refractivity contribution in [1.82, 2.24) is 9.97 Å². The van der Waals surface area contributed by atoms with Gasteiger partial charge in [-0.05, 0) is 31.0 Å². The summed E-state index contributed by atoms with van der Waals surface area (Å²) >= 11 is 0. The van der Waals surface area contributed by atoms with E-state index in [0.29, 0.717) is 18.9 Å². The molecule has 0 bridgehead atoms. The van der Waals surface area contributed by atoms with Gasteiger partial charge >= 0.3 is 0 Å². The largest absolute Gasteiger partial charge is 0.494 e. The second-order valence-corrected chi connectivity index (χ2v) is 3.93. The van der Waals surface area contributed by atoms with Gasteiger partial charge in [-0.3, -0.25) is 0 Å². The molecule has 1 aromatic carbocycles. The summed E-state index contributed by atoms with van der Waals surface area (Å²) in [5.74, 6) is 1.32. The number of aliphatic hydroxyl groups is 1. The van der Waals surface area contributed by atoms with Gasteiger partial charge in [-0.25, -0.2) is 9.97 Å². The SMILES string of the molecule is OC(CCCOc1ccccc1)c1ncccn1. The molecule has 0 fully saturated rings. The molecule has 4 heteroatoms. The zero-order valence-electron chi connectivity index (χ0n) is 10.1. The van der Waals surface area contributed by atoms with Crippen molar-refractivity contribution in [2.45, 2.75) is 18.9 Å². The van der Waals surface area contributed by atoms with Crippen molar-refractivity contribution in [2.75, 3.05) is 6.61 Å². The molecule has 2 aromatic rings. The molecule has 1 unspecified atom stereocenters. The lowest BCUT2D eigenvalue weighted by molar-refractivity contribution is 0.146. The summed E-state index contributed by atoms with van der Waals surface area (Å²) in [4.78, 5) is 8.03. The second-order valence-electron chi connectivity index (χ2n) is 3.93. The minimum absolute atomic E-state index is 0.470. The molecule has 0 amide bonds. The average Bonchev–Trinajstić information content (AvgIpc) is 2.45. The summed E-state index contributed by atoms with van der Waals surface area (Å²) in [7, 11) is 0. The first-order valence-electron chi connectivity index (χ1n) is 5.99. The fraction of sp³-hybridized carbons (Fsp3) is 0.286. The lowest BCUT2D eigenvalue weighted by atomic mass is 10.2. The van der Waals surface area contributed by atoms with Gasteiger partial charge in [-0.1, -0.05) is 18.2 Å². The van der Waals surface area contributed by atoms with Crippen molar-refractivity contribution < 1.29 is 9.84 Å². The predicted octanol–water partition coefficient (Wildman–Crippen LogP) is 2.37. The molecular weight excluding hydrogens is 228 g/mol. The zero-order valence-corrected chi connectivity index (χ0v) is 10.1. The molecular formula is C14H16N2O2. The van der Waals surface area contributed by atoms with E-state index < -0.39 is 6.10 Å². The highest BCUT2D eigenvalue weighted by Crippen LogP contribution is 2.14. The Kier molecular flexibility index (Phi) is 4.67. The molecule has 18 heavy (non-hydrogen) atoms. The Labute approximate surface area is 106 Å². The zero-order chi connectivity index (χ0) is 12.6. The van der Waals surface area contributed by atoms with Crippen LogP contribution >= 0.6 is 0 Å². The van der Waals surface area contributed by atoms with E-state index in [1.165, 1.54) is 0 Å². The van der Waals surface area contributed by atoms with Crippen molar-refractivity contribution in [3.05, 3.63) is 54.6 Å². The standard InChI is InChI=1S/C14H16N2O2/c17-13(14-15-9-5-10-16-14)8-4-11-18-12-6-2-1-3-7-12/h1-3,5-7,9-10,13,17H,4,8,11H2. The van der Waals surface area contributed by atoms with Gasteiger partial charge in [0.15, 0.2) is 5.82 Å². The molecule has 4 nitrogen and oxygen atoms in total. The fourth-order valence-electron chi connectivity index (χ4n) is 1.60. The Morgan fingerprint density at radius 1 is 1.06 bits per heavy atom. The van der Waals surface area contributed by atoms with Crippen LogP contribution in [0.4, 0.5) is 0 Å². The summed E-state index contributed by atoms with van der Waals surface area (Å²) in [6, 6.07) is 11.4. The molecule has 0 radical (unpaired) electrons. The minimum Gasteiger partial charge on any atom is -0.494 e. The topological polar surface area (TPSA) is 55.2 Å². The Balaban J connectivity index is 1.70. The van der Waals surface area contributed by atoms with Gasteiger partial charge in [0.1, 0.15) is 11.9 Å². The summed E-state index contributed by atoms with van der Waals surface area (Å²) in [5.41, 5.74) is 0. The summed E-state index contributed by atoms with van der Waals surface area (Å²) in [6.45, 7) is 0.577. The first-order valence-corrected chi connectivity index (χ1v) is 5.99. The smallest absolute Gasteiger partial charge is 0.156 e. The number of hydrogen-bond donors (Lipinski definition) is 1. The van der Waals surface area contributed by atoms with Crippen LogP contribution in [0.3, 0.4) is 0 Å².